The fourth-order valence-corrected chi connectivity index (χ4v) is 1.59. The van der Waals surface area contributed by atoms with Crippen molar-refractivity contribution in [3.05, 3.63) is 77.6 Å². The van der Waals surface area contributed by atoms with Crippen molar-refractivity contribution >= 4 is 12.0 Å². The number of carbonyl (C=O) groups is 1. The fraction of sp³-hybridized carbons (Fsp3) is 0.0625. The summed E-state index contributed by atoms with van der Waals surface area (Å²) < 4.78 is 12.7. The van der Waals surface area contributed by atoms with E-state index in [4.69, 9.17) is 0 Å². The van der Waals surface area contributed by atoms with Crippen molar-refractivity contribution in [1.29, 1.82) is 0 Å². The molecule has 0 unspecified atom stereocenters. The average Bonchev–Trinajstić information content (AvgIpc) is 2.45. The zero-order valence-corrected chi connectivity index (χ0v) is 10.3. The van der Waals surface area contributed by atoms with E-state index in [1.54, 1.807) is 18.2 Å². The van der Waals surface area contributed by atoms with Crippen LogP contribution in [-0.4, -0.2) is 5.91 Å². The van der Waals surface area contributed by atoms with E-state index in [0.717, 1.165) is 11.1 Å². The highest BCUT2D eigenvalue weighted by molar-refractivity contribution is 5.91. The molecule has 0 heterocycles. The van der Waals surface area contributed by atoms with Gasteiger partial charge in [0, 0.05) is 12.6 Å². The third kappa shape index (κ3) is 4.39. The summed E-state index contributed by atoms with van der Waals surface area (Å²) in [5.41, 5.74) is 1.84. The van der Waals surface area contributed by atoms with Crippen molar-refractivity contribution in [3.8, 4) is 0 Å². The van der Waals surface area contributed by atoms with E-state index in [-0.39, 0.29) is 11.7 Å². The first-order valence-corrected chi connectivity index (χ1v) is 5.99. The predicted molar refractivity (Wildman–Crippen MR) is 73.7 cm³/mol. The molecule has 2 aromatic rings. The second-order valence-electron chi connectivity index (χ2n) is 4.09. The van der Waals surface area contributed by atoms with Crippen molar-refractivity contribution in [2.75, 3.05) is 0 Å². The molecule has 0 spiro atoms. The SMILES string of the molecule is O=C(/C=C/c1ccccc1)NCc1ccc(F)cc1. The Morgan fingerprint density at radius 1 is 1.05 bits per heavy atom. The van der Waals surface area contributed by atoms with Crippen LogP contribution in [0.15, 0.2) is 60.7 Å². The van der Waals surface area contributed by atoms with Crippen LogP contribution >= 0.6 is 0 Å². The lowest BCUT2D eigenvalue weighted by atomic mass is 10.2. The summed E-state index contributed by atoms with van der Waals surface area (Å²) >= 11 is 0. The van der Waals surface area contributed by atoms with Crippen LogP contribution in [0.25, 0.3) is 6.08 Å². The third-order valence-electron chi connectivity index (χ3n) is 2.61. The van der Waals surface area contributed by atoms with Crippen LogP contribution in [-0.2, 0) is 11.3 Å². The maximum absolute atomic E-state index is 12.7. The normalized spacial score (nSPS) is 10.6. The summed E-state index contributed by atoms with van der Waals surface area (Å²) in [4.78, 5) is 11.6. The fourth-order valence-electron chi connectivity index (χ4n) is 1.59. The maximum Gasteiger partial charge on any atom is 0.244 e. The molecule has 0 aliphatic carbocycles. The Morgan fingerprint density at radius 3 is 2.42 bits per heavy atom. The van der Waals surface area contributed by atoms with Gasteiger partial charge in [0.1, 0.15) is 5.82 Å². The molecule has 0 bridgehead atoms. The van der Waals surface area contributed by atoms with Gasteiger partial charge in [0.2, 0.25) is 5.91 Å². The van der Waals surface area contributed by atoms with E-state index in [1.807, 2.05) is 30.3 Å². The van der Waals surface area contributed by atoms with Crippen LogP contribution in [0.1, 0.15) is 11.1 Å². The van der Waals surface area contributed by atoms with Gasteiger partial charge in [-0.25, -0.2) is 4.39 Å². The lowest BCUT2D eigenvalue weighted by Crippen LogP contribution is -2.20. The van der Waals surface area contributed by atoms with Crippen LogP contribution in [0.5, 0.6) is 0 Å². The first kappa shape index (κ1) is 13.0. The molecule has 96 valence electrons. The van der Waals surface area contributed by atoms with Crippen LogP contribution < -0.4 is 5.32 Å². The van der Waals surface area contributed by atoms with Gasteiger partial charge in [-0.15, -0.1) is 0 Å². The topological polar surface area (TPSA) is 29.1 Å². The van der Waals surface area contributed by atoms with Gasteiger partial charge in [-0.3, -0.25) is 4.79 Å². The molecule has 0 atom stereocenters. The average molecular weight is 255 g/mol. The molecule has 0 fully saturated rings. The Labute approximate surface area is 111 Å². The van der Waals surface area contributed by atoms with Crippen LogP contribution in [0, 0.1) is 5.82 Å². The van der Waals surface area contributed by atoms with Crippen molar-refractivity contribution < 1.29 is 9.18 Å². The Morgan fingerprint density at radius 2 is 1.74 bits per heavy atom. The minimum absolute atomic E-state index is 0.173. The van der Waals surface area contributed by atoms with E-state index in [2.05, 4.69) is 5.32 Å². The number of amides is 1. The number of benzene rings is 2. The molecule has 0 aromatic heterocycles. The molecule has 0 aliphatic rings. The summed E-state index contributed by atoms with van der Waals surface area (Å²) in [6.45, 7) is 0.387. The Bertz CT molecular complexity index is 561. The molecule has 0 saturated heterocycles. The zero-order chi connectivity index (χ0) is 13.5. The quantitative estimate of drug-likeness (QED) is 0.835. The van der Waals surface area contributed by atoms with Crippen molar-refractivity contribution in [1.82, 2.24) is 5.32 Å². The van der Waals surface area contributed by atoms with Gasteiger partial charge in [0.25, 0.3) is 0 Å². The molecule has 3 heteroatoms. The van der Waals surface area contributed by atoms with E-state index >= 15 is 0 Å². The van der Waals surface area contributed by atoms with Crippen LogP contribution in [0.3, 0.4) is 0 Å². The van der Waals surface area contributed by atoms with E-state index in [0.29, 0.717) is 6.54 Å². The van der Waals surface area contributed by atoms with Gasteiger partial charge in [0.15, 0.2) is 0 Å². The highest BCUT2D eigenvalue weighted by Gasteiger charge is 1.97. The van der Waals surface area contributed by atoms with E-state index < -0.39 is 0 Å². The smallest absolute Gasteiger partial charge is 0.244 e. The number of carbonyl (C=O) groups excluding carboxylic acids is 1. The first-order valence-electron chi connectivity index (χ1n) is 5.99. The second-order valence-corrected chi connectivity index (χ2v) is 4.09. The molecule has 0 radical (unpaired) electrons. The van der Waals surface area contributed by atoms with Gasteiger partial charge in [-0.1, -0.05) is 42.5 Å². The van der Waals surface area contributed by atoms with Crippen molar-refractivity contribution in [2.24, 2.45) is 0 Å². The van der Waals surface area contributed by atoms with Gasteiger partial charge in [-0.2, -0.15) is 0 Å². The van der Waals surface area contributed by atoms with Gasteiger partial charge >= 0.3 is 0 Å². The van der Waals surface area contributed by atoms with Gasteiger partial charge in [0.05, 0.1) is 0 Å². The standard InChI is InChI=1S/C16H14FNO/c17-15-9-6-14(7-10-15)12-18-16(19)11-8-13-4-2-1-3-5-13/h1-11H,12H2,(H,18,19)/b11-8+. The molecule has 0 saturated carbocycles. The van der Waals surface area contributed by atoms with Crippen molar-refractivity contribution in [2.45, 2.75) is 6.54 Å². The van der Waals surface area contributed by atoms with E-state index in [1.165, 1.54) is 18.2 Å². The summed E-state index contributed by atoms with van der Waals surface area (Å²) in [5.74, 6) is -0.452. The molecule has 1 amide bonds. The molecule has 0 aliphatic heterocycles. The highest BCUT2D eigenvalue weighted by Crippen LogP contribution is 2.03. The van der Waals surface area contributed by atoms with Gasteiger partial charge < -0.3 is 5.32 Å². The van der Waals surface area contributed by atoms with Crippen molar-refractivity contribution in [3.63, 3.8) is 0 Å². The number of hydrogen-bond donors (Lipinski definition) is 1. The minimum atomic E-state index is -0.279. The minimum Gasteiger partial charge on any atom is -0.348 e. The second kappa shape index (κ2) is 6.50. The number of hydrogen-bond acceptors (Lipinski definition) is 1. The number of nitrogens with one attached hydrogen (secondary N) is 1. The predicted octanol–water partition coefficient (Wildman–Crippen LogP) is 3.16. The Balaban J connectivity index is 1.85. The van der Waals surface area contributed by atoms with E-state index in [9.17, 15) is 9.18 Å². The molecule has 1 N–H and O–H groups in total. The third-order valence-corrected chi connectivity index (χ3v) is 2.61. The molecule has 2 rings (SSSR count). The lowest BCUT2D eigenvalue weighted by molar-refractivity contribution is -0.116. The largest absolute Gasteiger partial charge is 0.348 e. The molecular weight excluding hydrogens is 241 g/mol. The summed E-state index contributed by atoms with van der Waals surface area (Å²) in [6, 6.07) is 15.6. The summed E-state index contributed by atoms with van der Waals surface area (Å²) in [6.07, 6.45) is 3.23. The maximum atomic E-state index is 12.7. The number of halogens is 1. The monoisotopic (exact) mass is 255 g/mol. The molecule has 2 aromatic carbocycles. The molecule has 2 nitrogen and oxygen atoms in total. The van der Waals surface area contributed by atoms with Gasteiger partial charge in [-0.05, 0) is 29.3 Å². The molecular formula is C16H14FNO. The first-order chi connectivity index (χ1) is 9.24. The zero-order valence-electron chi connectivity index (χ0n) is 10.3. The Hall–Kier alpha value is -2.42. The lowest BCUT2D eigenvalue weighted by Gasteiger charge is -2.02. The van der Waals surface area contributed by atoms with Crippen LogP contribution in [0.2, 0.25) is 0 Å². The summed E-state index contributed by atoms with van der Waals surface area (Å²) in [7, 11) is 0. The molecule has 19 heavy (non-hydrogen) atoms. The Kier molecular flexibility index (Phi) is 4.45. The van der Waals surface area contributed by atoms with Crippen LogP contribution in [0.4, 0.5) is 4.39 Å². The highest BCUT2D eigenvalue weighted by atomic mass is 19.1. The number of rotatable bonds is 4. The summed E-state index contributed by atoms with van der Waals surface area (Å²) in [5, 5.41) is 2.74.